The zero-order valence-electron chi connectivity index (χ0n) is 9.24. The summed E-state index contributed by atoms with van der Waals surface area (Å²) in [5, 5.41) is 6.69. The number of urea groups is 1. The summed E-state index contributed by atoms with van der Waals surface area (Å²) < 4.78 is 26.1. The van der Waals surface area contributed by atoms with Crippen LogP contribution in [-0.2, 0) is 6.54 Å². The van der Waals surface area contributed by atoms with Crippen LogP contribution in [0.3, 0.4) is 0 Å². The Morgan fingerprint density at radius 2 is 2.11 bits per heavy atom. The Labute approximate surface area is 106 Å². The number of amides is 2. The number of carbonyl (C=O) groups is 1. The molecule has 2 rings (SSSR count). The van der Waals surface area contributed by atoms with E-state index in [9.17, 15) is 13.6 Å². The van der Waals surface area contributed by atoms with Crippen molar-refractivity contribution < 1.29 is 13.6 Å². The highest BCUT2D eigenvalue weighted by atomic mass is 32.1. The van der Waals surface area contributed by atoms with E-state index < -0.39 is 17.7 Å². The SMILES string of the molecule is O=C(NCc1cccs1)Nc1cc(F)ccc1F. The molecule has 0 aliphatic rings. The molecule has 1 aromatic heterocycles. The normalized spacial score (nSPS) is 10.1. The molecule has 6 heteroatoms. The number of rotatable bonds is 3. The molecule has 3 nitrogen and oxygen atoms in total. The molecule has 0 fully saturated rings. The van der Waals surface area contributed by atoms with E-state index in [2.05, 4.69) is 10.6 Å². The first kappa shape index (κ1) is 12.5. The van der Waals surface area contributed by atoms with Crippen LogP contribution in [0.4, 0.5) is 19.3 Å². The van der Waals surface area contributed by atoms with Crippen molar-refractivity contribution in [3.63, 3.8) is 0 Å². The Kier molecular flexibility index (Phi) is 3.88. The van der Waals surface area contributed by atoms with Crippen molar-refractivity contribution in [1.82, 2.24) is 5.32 Å². The largest absolute Gasteiger partial charge is 0.333 e. The third kappa shape index (κ3) is 3.27. The van der Waals surface area contributed by atoms with Gasteiger partial charge in [0.15, 0.2) is 0 Å². The molecule has 2 amide bonds. The summed E-state index contributed by atoms with van der Waals surface area (Å²) in [6, 6.07) is 6.04. The van der Waals surface area contributed by atoms with Crippen molar-refractivity contribution in [2.75, 3.05) is 5.32 Å². The van der Waals surface area contributed by atoms with Gasteiger partial charge in [-0.1, -0.05) is 6.07 Å². The lowest BCUT2D eigenvalue weighted by Crippen LogP contribution is -2.28. The molecule has 0 aliphatic heterocycles. The van der Waals surface area contributed by atoms with Gasteiger partial charge in [-0.3, -0.25) is 0 Å². The average molecular weight is 268 g/mol. The lowest BCUT2D eigenvalue weighted by molar-refractivity contribution is 0.251. The second kappa shape index (κ2) is 5.59. The summed E-state index contributed by atoms with van der Waals surface area (Å²) in [7, 11) is 0. The van der Waals surface area contributed by atoms with Gasteiger partial charge in [0.05, 0.1) is 12.2 Å². The van der Waals surface area contributed by atoms with Gasteiger partial charge in [0, 0.05) is 10.9 Å². The summed E-state index contributed by atoms with van der Waals surface area (Å²) in [5.41, 5.74) is -0.182. The topological polar surface area (TPSA) is 41.1 Å². The second-order valence-corrected chi connectivity index (χ2v) is 4.54. The highest BCUT2D eigenvalue weighted by Gasteiger charge is 2.07. The highest BCUT2D eigenvalue weighted by molar-refractivity contribution is 7.09. The first-order valence-corrected chi connectivity index (χ1v) is 6.05. The van der Waals surface area contributed by atoms with Crippen LogP contribution in [-0.4, -0.2) is 6.03 Å². The van der Waals surface area contributed by atoms with Gasteiger partial charge >= 0.3 is 6.03 Å². The molecule has 0 aliphatic carbocycles. The maximum absolute atomic E-state index is 13.2. The summed E-state index contributed by atoms with van der Waals surface area (Å²) in [6.45, 7) is 0.348. The van der Waals surface area contributed by atoms with Crippen LogP contribution >= 0.6 is 11.3 Å². The van der Waals surface area contributed by atoms with Crippen molar-refractivity contribution in [1.29, 1.82) is 0 Å². The fourth-order valence-corrected chi connectivity index (χ4v) is 1.98. The van der Waals surface area contributed by atoms with Gasteiger partial charge in [0.1, 0.15) is 11.6 Å². The third-order valence-corrected chi connectivity index (χ3v) is 3.06. The molecule has 0 saturated heterocycles. The van der Waals surface area contributed by atoms with Crippen LogP contribution in [0.1, 0.15) is 4.88 Å². The average Bonchev–Trinajstić information content (AvgIpc) is 2.84. The molecule has 0 bridgehead atoms. The number of hydrogen-bond donors (Lipinski definition) is 2. The van der Waals surface area contributed by atoms with E-state index in [4.69, 9.17) is 0 Å². The zero-order chi connectivity index (χ0) is 13.0. The third-order valence-electron chi connectivity index (χ3n) is 2.18. The van der Waals surface area contributed by atoms with Crippen molar-refractivity contribution in [2.45, 2.75) is 6.54 Å². The molecule has 1 aromatic carbocycles. The minimum Gasteiger partial charge on any atom is -0.333 e. The summed E-state index contributed by atoms with van der Waals surface area (Å²) >= 11 is 1.50. The number of nitrogens with one attached hydrogen (secondary N) is 2. The quantitative estimate of drug-likeness (QED) is 0.880. The number of hydrogen-bond acceptors (Lipinski definition) is 2. The van der Waals surface area contributed by atoms with Gasteiger partial charge in [0.2, 0.25) is 0 Å². The number of benzene rings is 1. The molecule has 2 N–H and O–H groups in total. The molecular formula is C12H10F2N2OS. The summed E-state index contributed by atoms with van der Waals surface area (Å²) in [5.74, 6) is -1.28. The lowest BCUT2D eigenvalue weighted by atomic mass is 10.3. The highest BCUT2D eigenvalue weighted by Crippen LogP contribution is 2.15. The van der Waals surface area contributed by atoms with E-state index >= 15 is 0 Å². The predicted molar refractivity (Wildman–Crippen MR) is 66.5 cm³/mol. The van der Waals surface area contributed by atoms with Gasteiger partial charge in [-0.2, -0.15) is 0 Å². The zero-order valence-corrected chi connectivity index (χ0v) is 10.1. The molecule has 2 aromatic rings. The molecule has 0 radical (unpaired) electrons. The first-order valence-electron chi connectivity index (χ1n) is 5.17. The van der Waals surface area contributed by atoms with Crippen LogP contribution in [0.25, 0.3) is 0 Å². The number of carbonyl (C=O) groups excluding carboxylic acids is 1. The lowest BCUT2D eigenvalue weighted by Gasteiger charge is -2.07. The fourth-order valence-electron chi connectivity index (χ4n) is 1.34. The standard InChI is InChI=1S/C12H10F2N2OS/c13-8-3-4-10(14)11(6-8)16-12(17)15-7-9-2-1-5-18-9/h1-6H,7H2,(H2,15,16,17). The number of anilines is 1. The van der Waals surface area contributed by atoms with Crippen LogP contribution < -0.4 is 10.6 Å². The minimum atomic E-state index is -0.678. The maximum Gasteiger partial charge on any atom is 0.319 e. The monoisotopic (exact) mass is 268 g/mol. The van der Waals surface area contributed by atoms with Gasteiger partial charge in [-0.05, 0) is 23.6 Å². The molecule has 94 valence electrons. The van der Waals surface area contributed by atoms with Gasteiger partial charge in [-0.15, -0.1) is 11.3 Å². The maximum atomic E-state index is 13.2. The van der Waals surface area contributed by atoms with Crippen molar-refractivity contribution >= 4 is 23.1 Å². The molecule has 1 heterocycles. The van der Waals surface area contributed by atoms with Crippen LogP contribution in [0.15, 0.2) is 35.7 Å². The Hall–Kier alpha value is -1.95. The Morgan fingerprint density at radius 1 is 1.28 bits per heavy atom. The van der Waals surface area contributed by atoms with Crippen molar-refractivity contribution in [2.24, 2.45) is 0 Å². The van der Waals surface area contributed by atoms with E-state index in [1.807, 2.05) is 17.5 Å². The molecule has 0 saturated carbocycles. The smallest absolute Gasteiger partial charge is 0.319 e. The summed E-state index contributed by atoms with van der Waals surface area (Å²) in [6.07, 6.45) is 0. The molecule has 18 heavy (non-hydrogen) atoms. The Bertz CT molecular complexity index is 543. The van der Waals surface area contributed by atoms with Crippen LogP contribution in [0.2, 0.25) is 0 Å². The Morgan fingerprint density at radius 3 is 2.83 bits per heavy atom. The van der Waals surface area contributed by atoms with Crippen molar-refractivity contribution in [3.8, 4) is 0 Å². The van der Waals surface area contributed by atoms with E-state index in [1.165, 1.54) is 11.3 Å². The molecule has 0 atom stereocenters. The molecular weight excluding hydrogens is 258 g/mol. The first-order chi connectivity index (χ1) is 8.65. The fraction of sp³-hybridized carbons (Fsp3) is 0.0833. The second-order valence-electron chi connectivity index (χ2n) is 3.51. The van der Waals surface area contributed by atoms with E-state index in [1.54, 1.807) is 0 Å². The molecule has 0 unspecified atom stereocenters. The van der Waals surface area contributed by atoms with Gasteiger partial charge in [-0.25, -0.2) is 13.6 Å². The van der Waals surface area contributed by atoms with E-state index in [0.29, 0.717) is 6.54 Å². The van der Waals surface area contributed by atoms with Crippen molar-refractivity contribution in [3.05, 3.63) is 52.2 Å². The van der Waals surface area contributed by atoms with Crippen LogP contribution in [0.5, 0.6) is 0 Å². The Balaban J connectivity index is 1.92. The van der Waals surface area contributed by atoms with Gasteiger partial charge < -0.3 is 10.6 Å². The predicted octanol–water partition coefficient (Wildman–Crippen LogP) is 3.35. The van der Waals surface area contributed by atoms with Crippen LogP contribution in [0, 0.1) is 11.6 Å². The van der Waals surface area contributed by atoms with E-state index in [0.717, 1.165) is 23.1 Å². The summed E-state index contributed by atoms with van der Waals surface area (Å²) in [4.78, 5) is 12.4. The minimum absolute atomic E-state index is 0.182. The number of halogens is 2. The number of thiophene rings is 1. The van der Waals surface area contributed by atoms with Gasteiger partial charge in [0.25, 0.3) is 0 Å². The molecule has 0 spiro atoms. The van der Waals surface area contributed by atoms with E-state index in [-0.39, 0.29) is 5.69 Å².